The molecule has 0 radical (unpaired) electrons. The first-order valence-electron chi connectivity index (χ1n) is 8.15. The Balaban J connectivity index is 1.66. The van der Waals surface area contributed by atoms with Gasteiger partial charge in [0.05, 0.1) is 23.1 Å². The van der Waals surface area contributed by atoms with E-state index in [9.17, 15) is 9.59 Å². The number of benzene rings is 2. The van der Waals surface area contributed by atoms with Crippen LogP contribution in [0.25, 0.3) is 0 Å². The zero-order valence-electron chi connectivity index (χ0n) is 14.5. The van der Waals surface area contributed by atoms with Crippen LogP contribution < -0.4 is 10.2 Å². The molecule has 0 unspecified atom stereocenters. The topological polar surface area (TPSA) is 65.1 Å². The first kappa shape index (κ1) is 19.5. The largest absolute Gasteiger partial charge is 0.636 e. The monoisotopic (exact) mass is 407 g/mol. The zero-order valence-corrected chi connectivity index (χ0v) is 16.0. The molecule has 27 heavy (non-hydrogen) atoms. The molecule has 0 saturated carbocycles. The molecule has 9 heteroatoms. The molecule has 0 aromatic heterocycles. The maximum absolute atomic E-state index is 11.8. The van der Waals surface area contributed by atoms with Gasteiger partial charge in [-0.2, -0.15) is 0 Å². The highest BCUT2D eigenvalue weighted by Gasteiger charge is 2.33. The normalized spacial score (nSPS) is 15.6. The van der Waals surface area contributed by atoms with E-state index in [1.54, 1.807) is 43.4 Å². The van der Waals surface area contributed by atoms with Crippen molar-refractivity contribution in [2.45, 2.75) is 6.61 Å². The van der Waals surface area contributed by atoms with Crippen molar-refractivity contribution in [1.82, 2.24) is 4.90 Å². The fourth-order valence-corrected chi connectivity index (χ4v) is 2.89. The summed E-state index contributed by atoms with van der Waals surface area (Å²) in [7, 11) is 0.566. The summed E-state index contributed by atoms with van der Waals surface area (Å²) < 4.78 is 16.1. The van der Waals surface area contributed by atoms with Gasteiger partial charge in [0.25, 0.3) is 0 Å². The third-order valence-corrected chi connectivity index (χ3v) is 4.71. The zero-order chi connectivity index (χ0) is 19.4. The van der Waals surface area contributed by atoms with Crippen molar-refractivity contribution in [3.63, 3.8) is 0 Å². The van der Waals surface area contributed by atoms with Gasteiger partial charge in [-0.05, 0) is 25.2 Å². The summed E-state index contributed by atoms with van der Waals surface area (Å²) in [5.74, 6) is -0.352. The standard InChI is InChI=1S/C18H16BCl2NO5/c1-22-9-16(23)26-19(27-17(24)10-22)13-5-7-14(8-6-13)25-11-12-3-2-4-15(20)18(12)21/h2-8H,9-11H2,1H3. The molecule has 0 amide bonds. The molecule has 140 valence electrons. The number of nitrogens with zero attached hydrogens (tertiary/aromatic N) is 1. The number of ether oxygens (including phenoxy) is 1. The van der Waals surface area contributed by atoms with E-state index in [1.165, 1.54) is 4.90 Å². The van der Waals surface area contributed by atoms with Gasteiger partial charge in [-0.3, -0.25) is 14.5 Å². The second kappa shape index (κ2) is 8.65. The first-order chi connectivity index (χ1) is 12.9. The highest BCUT2D eigenvalue weighted by atomic mass is 35.5. The summed E-state index contributed by atoms with van der Waals surface area (Å²) in [5.41, 5.74) is 1.30. The van der Waals surface area contributed by atoms with Crippen LogP contribution in [0.1, 0.15) is 5.56 Å². The molecular weight excluding hydrogens is 392 g/mol. The van der Waals surface area contributed by atoms with Crippen molar-refractivity contribution < 1.29 is 23.6 Å². The van der Waals surface area contributed by atoms with Gasteiger partial charge < -0.3 is 14.0 Å². The highest BCUT2D eigenvalue weighted by molar-refractivity contribution is 6.64. The lowest BCUT2D eigenvalue weighted by atomic mass is 9.78. The summed E-state index contributed by atoms with van der Waals surface area (Å²) in [5, 5.41) is 0.917. The predicted octanol–water partition coefficient (Wildman–Crippen LogP) is 2.30. The molecule has 6 nitrogen and oxygen atoms in total. The molecule has 2 aromatic rings. The van der Waals surface area contributed by atoms with Crippen LogP contribution in [0.2, 0.25) is 10.0 Å². The van der Waals surface area contributed by atoms with Crippen LogP contribution in [0.3, 0.4) is 0 Å². The average molecular weight is 408 g/mol. The van der Waals surface area contributed by atoms with Gasteiger partial charge in [-0.25, -0.2) is 0 Å². The van der Waals surface area contributed by atoms with Crippen molar-refractivity contribution in [1.29, 1.82) is 0 Å². The molecule has 1 aliphatic rings. The summed E-state index contributed by atoms with van der Waals surface area (Å²) in [6.45, 7) is 0.291. The SMILES string of the molecule is CN1CC(=O)OB(c2ccc(OCc3cccc(Cl)c3Cl)cc2)OC(=O)C1. The quantitative estimate of drug-likeness (QED) is 0.724. The molecule has 1 heterocycles. The minimum absolute atomic E-state index is 0.0210. The smallest absolute Gasteiger partial charge is 0.494 e. The Morgan fingerprint density at radius 3 is 2.30 bits per heavy atom. The Kier molecular flexibility index (Phi) is 6.26. The Bertz CT molecular complexity index is 826. The fourth-order valence-electron chi connectivity index (χ4n) is 2.51. The van der Waals surface area contributed by atoms with E-state index in [0.29, 0.717) is 21.3 Å². The Labute approximate surface area is 167 Å². The third-order valence-electron chi connectivity index (χ3n) is 3.85. The molecule has 0 spiro atoms. The lowest BCUT2D eigenvalue weighted by Gasteiger charge is -2.22. The van der Waals surface area contributed by atoms with Crippen molar-refractivity contribution in [3.8, 4) is 5.75 Å². The molecule has 0 aliphatic carbocycles. The molecule has 0 bridgehead atoms. The van der Waals surface area contributed by atoms with E-state index in [4.69, 9.17) is 37.2 Å². The summed E-state index contributed by atoms with van der Waals surface area (Å²) in [6.07, 6.45) is 0. The minimum atomic E-state index is -1.07. The van der Waals surface area contributed by atoms with Gasteiger partial charge in [-0.15, -0.1) is 0 Å². The van der Waals surface area contributed by atoms with Crippen molar-refractivity contribution in [3.05, 3.63) is 58.1 Å². The van der Waals surface area contributed by atoms with E-state index in [1.807, 2.05) is 6.07 Å². The lowest BCUT2D eigenvalue weighted by Crippen LogP contribution is -2.47. The number of carbonyl (C=O) groups excluding carboxylic acids is 2. The van der Waals surface area contributed by atoms with Gasteiger partial charge in [-0.1, -0.05) is 47.5 Å². The van der Waals surface area contributed by atoms with Crippen LogP contribution in [0, 0.1) is 0 Å². The number of likely N-dealkylation sites (N-methyl/N-ethyl adjacent to an activating group) is 1. The number of rotatable bonds is 4. The second-order valence-corrected chi connectivity index (χ2v) is 6.84. The fraction of sp³-hybridized carbons (Fsp3) is 0.222. The van der Waals surface area contributed by atoms with E-state index in [2.05, 4.69) is 0 Å². The molecular formula is C18H16BCl2NO5. The summed E-state index contributed by atoms with van der Waals surface area (Å²) in [6, 6.07) is 12.1. The number of halogens is 2. The molecule has 1 aliphatic heterocycles. The van der Waals surface area contributed by atoms with Crippen LogP contribution in [0.4, 0.5) is 0 Å². The van der Waals surface area contributed by atoms with Gasteiger partial charge >= 0.3 is 19.1 Å². The van der Waals surface area contributed by atoms with Crippen LogP contribution in [0.15, 0.2) is 42.5 Å². The maximum Gasteiger partial charge on any atom is 0.636 e. The van der Waals surface area contributed by atoms with Crippen LogP contribution in [-0.2, 0) is 25.5 Å². The lowest BCUT2D eigenvalue weighted by molar-refractivity contribution is -0.145. The first-order valence-corrected chi connectivity index (χ1v) is 8.91. The highest BCUT2D eigenvalue weighted by Crippen LogP contribution is 2.26. The number of carbonyl (C=O) groups is 2. The van der Waals surface area contributed by atoms with Crippen LogP contribution in [0.5, 0.6) is 5.75 Å². The number of hydrogen-bond donors (Lipinski definition) is 0. The Morgan fingerprint density at radius 2 is 1.67 bits per heavy atom. The molecule has 2 aromatic carbocycles. The predicted molar refractivity (Wildman–Crippen MR) is 102 cm³/mol. The molecule has 0 N–H and O–H groups in total. The maximum atomic E-state index is 11.8. The second-order valence-electron chi connectivity index (χ2n) is 6.05. The van der Waals surface area contributed by atoms with Crippen LogP contribution in [-0.4, -0.2) is 44.1 Å². The van der Waals surface area contributed by atoms with Gasteiger partial charge in [0.2, 0.25) is 0 Å². The molecule has 3 rings (SSSR count). The number of hydrogen-bond acceptors (Lipinski definition) is 6. The minimum Gasteiger partial charge on any atom is -0.494 e. The Hall–Kier alpha value is -2.22. The van der Waals surface area contributed by atoms with Crippen molar-refractivity contribution in [2.75, 3.05) is 20.1 Å². The van der Waals surface area contributed by atoms with Gasteiger partial charge in [0.1, 0.15) is 12.4 Å². The summed E-state index contributed by atoms with van der Waals surface area (Å²) >= 11 is 12.1. The van der Waals surface area contributed by atoms with E-state index in [0.717, 1.165) is 5.56 Å². The van der Waals surface area contributed by atoms with Gasteiger partial charge in [0, 0.05) is 11.0 Å². The molecule has 1 fully saturated rings. The van der Waals surface area contributed by atoms with Crippen LogP contribution >= 0.6 is 23.2 Å². The van der Waals surface area contributed by atoms with Crippen molar-refractivity contribution >= 4 is 47.7 Å². The average Bonchev–Trinajstić information content (AvgIpc) is 2.61. The third kappa shape index (κ3) is 5.16. The summed E-state index contributed by atoms with van der Waals surface area (Å²) in [4.78, 5) is 25.2. The van der Waals surface area contributed by atoms with E-state index in [-0.39, 0.29) is 19.7 Å². The van der Waals surface area contributed by atoms with E-state index < -0.39 is 19.1 Å². The molecule has 0 atom stereocenters. The van der Waals surface area contributed by atoms with E-state index >= 15 is 0 Å². The van der Waals surface area contributed by atoms with Crippen molar-refractivity contribution in [2.24, 2.45) is 0 Å². The van der Waals surface area contributed by atoms with Gasteiger partial charge in [0.15, 0.2) is 0 Å². The molecule has 1 saturated heterocycles. The Morgan fingerprint density at radius 1 is 1.04 bits per heavy atom.